The number of halogens is 1. The van der Waals surface area contributed by atoms with Crippen LogP contribution in [0.4, 0.5) is 0 Å². The number of ether oxygens (including phenoxy) is 3. The molecule has 0 fully saturated rings. The second-order valence-electron chi connectivity index (χ2n) is 5.78. The van der Waals surface area contributed by atoms with Crippen LogP contribution >= 0.6 is 28.1 Å². The maximum absolute atomic E-state index is 12.3. The fourth-order valence-corrected chi connectivity index (χ4v) is 2.95. The normalized spacial score (nSPS) is 10.1. The third-order valence-electron chi connectivity index (χ3n) is 3.75. The highest BCUT2D eigenvalue weighted by Crippen LogP contribution is 2.25. The van der Waals surface area contributed by atoms with E-state index in [1.54, 1.807) is 42.5 Å². The zero-order chi connectivity index (χ0) is 21.9. The number of hydrazine groups is 1. The zero-order valence-corrected chi connectivity index (χ0v) is 18.9. The number of methoxy groups -OCH3 is 1. The van der Waals surface area contributed by atoms with Crippen molar-refractivity contribution >= 4 is 45.1 Å². The van der Waals surface area contributed by atoms with Gasteiger partial charge < -0.3 is 14.2 Å². The minimum Gasteiger partial charge on any atom is -0.496 e. The number of rotatable bonds is 8. The molecule has 2 aromatic rings. The molecule has 0 radical (unpaired) electrons. The fraction of sp³-hybridized carbons (Fsp3) is 0.250. The van der Waals surface area contributed by atoms with Crippen molar-refractivity contribution in [2.75, 3.05) is 26.9 Å². The largest absolute Gasteiger partial charge is 0.496 e. The molecule has 0 spiro atoms. The molecule has 2 amide bonds. The van der Waals surface area contributed by atoms with Crippen LogP contribution in [0.1, 0.15) is 27.6 Å². The Morgan fingerprint density at radius 2 is 1.70 bits per heavy atom. The molecule has 160 valence electrons. The lowest BCUT2D eigenvalue weighted by molar-refractivity contribution is 0.0934. The monoisotopic (exact) mass is 495 g/mol. The maximum atomic E-state index is 12.3. The van der Waals surface area contributed by atoms with Gasteiger partial charge in [0.25, 0.3) is 11.8 Å². The predicted octanol–water partition coefficient (Wildman–Crippen LogP) is 2.82. The molecule has 10 heteroatoms. The van der Waals surface area contributed by atoms with Crippen LogP contribution in [0.15, 0.2) is 46.9 Å². The van der Waals surface area contributed by atoms with Crippen LogP contribution in [0.3, 0.4) is 0 Å². The Hall–Kier alpha value is -2.69. The van der Waals surface area contributed by atoms with Gasteiger partial charge in [-0.1, -0.05) is 0 Å². The number of carbonyl (C=O) groups excluding carboxylic acids is 2. The van der Waals surface area contributed by atoms with Crippen LogP contribution in [-0.2, 0) is 4.74 Å². The summed E-state index contributed by atoms with van der Waals surface area (Å²) in [5.74, 6) is 0.385. The predicted molar refractivity (Wildman–Crippen MR) is 120 cm³/mol. The molecular weight excluding hydrogens is 474 g/mol. The van der Waals surface area contributed by atoms with Crippen LogP contribution in [0.5, 0.6) is 11.5 Å². The molecule has 0 aliphatic heterocycles. The quantitative estimate of drug-likeness (QED) is 0.294. The van der Waals surface area contributed by atoms with Gasteiger partial charge in [-0.15, -0.1) is 0 Å². The van der Waals surface area contributed by atoms with Crippen LogP contribution in [0.25, 0.3) is 0 Å². The van der Waals surface area contributed by atoms with Gasteiger partial charge >= 0.3 is 0 Å². The Morgan fingerprint density at radius 3 is 2.33 bits per heavy atom. The van der Waals surface area contributed by atoms with Crippen LogP contribution in [0.2, 0.25) is 0 Å². The van der Waals surface area contributed by atoms with Gasteiger partial charge in [0.2, 0.25) is 0 Å². The second kappa shape index (κ2) is 12.1. The van der Waals surface area contributed by atoms with Gasteiger partial charge in [0, 0.05) is 17.7 Å². The smallest absolute Gasteiger partial charge is 0.269 e. The molecule has 0 saturated carbocycles. The lowest BCUT2D eigenvalue weighted by Crippen LogP contribution is -2.48. The summed E-state index contributed by atoms with van der Waals surface area (Å²) in [5, 5.41) is 2.45. The van der Waals surface area contributed by atoms with Gasteiger partial charge in [-0.25, -0.2) is 0 Å². The molecular formula is C20H22BrN3O5S. The standard InChI is InChI=1S/C20H22BrN3O5S/c1-3-28-10-11-29-15-7-4-13(5-8-15)18(25)22-20(30)24-23-19(26)14-6-9-17(27-2)16(21)12-14/h4-9,12H,3,10-11H2,1-2H3,(H,23,26)(H2,22,24,25,30). The summed E-state index contributed by atoms with van der Waals surface area (Å²) in [4.78, 5) is 24.5. The first-order valence-electron chi connectivity index (χ1n) is 9.00. The van der Waals surface area contributed by atoms with Gasteiger partial charge in [-0.2, -0.15) is 0 Å². The van der Waals surface area contributed by atoms with E-state index in [1.807, 2.05) is 6.92 Å². The summed E-state index contributed by atoms with van der Waals surface area (Å²) in [6, 6.07) is 11.4. The number of nitrogens with one attached hydrogen (secondary N) is 3. The van der Waals surface area contributed by atoms with Gasteiger partial charge in [0.15, 0.2) is 5.11 Å². The molecule has 3 N–H and O–H groups in total. The second-order valence-corrected chi connectivity index (χ2v) is 7.04. The Morgan fingerprint density at radius 1 is 1.00 bits per heavy atom. The molecule has 2 rings (SSSR count). The minimum atomic E-state index is -0.427. The maximum Gasteiger partial charge on any atom is 0.269 e. The molecule has 0 aliphatic rings. The van der Waals surface area contributed by atoms with E-state index in [0.29, 0.717) is 46.9 Å². The number of hydrogen-bond acceptors (Lipinski definition) is 6. The van der Waals surface area contributed by atoms with Crippen LogP contribution in [0, 0.1) is 0 Å². The first kappa shape index (κ1) is 23.6. The number of thiocarbonyl (C=S) groups is 1. The molecule has 2 aromatic carbocycles. The van der Waals surface area contributed by atoms with E-state index in [-0.39, 0.29) is 5.11 Å². The Labute approximate surface area is 188 Å². The SMILES string of the molecule is CCOCCOc1ccc(C(=O)NC(=S)NNC(=O)c2ccc(OC)c(Br)c2)cc1. The van der Waals surface area contributed by atoms with Crippen molar-refractivity contribution in [3.05, 3.63) is 58.1 Å². The van der Waals surface area contributed by atoms with Gasteiger partial charge in [-0.05, 0) is 77.5 Å². The van der Waals surface area contributed by atoms with E-state index in [2.05, 4.69) is 32.1 Å². The van der Waals surface area contributed by atoms with E-state index in [4.69, 9.17) is 26.4 Å². The van der Waals surface area contributed by atoms with Crippen molar-refractivity contribution in [2.45, 2.75) is 6.92 Å². The lowest BCUT2D eigenvalue weighted by atomic mass is 10.2. The number of benzene rings is 2. The minimum absolute atomic E-state index is 0.0435. The van der Waals surface area contributed by atoms with Gasteiger partial charge in [-0.3, -0.25) is 25.8 Å². The third kappa shape index (κ3) is 7.29. The highest BCUT2D eigenvalue weighted by molar-refractivity contribution is 9.10. The highest BCUT2D eigenvalue weighted by atomic mass is 79.9. The molecule has 0 bridgehead atoms. The third-order valence-corrected chi connectivity index (χ3v) is 4.57. The van der Waals surface area contributed by atoms with Crippen molar-refractivity contribution in [3.8, 4) is 11.5 Å². The molecule has 0 aromatic heterocycles. The molecule has 30 heavy (non-hydrogen) atoms. The van der Waals surface area contributed by atoms with E-state index in [1.165, 1.54) is 7.11 Å². The van der Waals surface area contributed by atoms with Crippen molar-refractivity contribution < 1.29 is 23.8 Å². The van der Waals surface area contributed by atoms with Gasteiger partial charge in [0.1, 0.15) is 18.1 Å². The van der Waals surface area contributed by atoms with Crippen LogP contribution < -0.4 is 25.6 Å². The first-order valence-corrected chi connectivity index (χ1v) is 10.2. The van der Waals surface area contributed by atoms with Crippen molar-refractivity contribution in [2.24, 2.45) is 0 Å². The summed E-state index contributed by atoms with van der Waals surface area (Å²) < 4.78 is 16.5. The fourth-order valence-electron chi connectivity index (χ4n) is 2.27. The summed E-state index contributed by atoms with van der Waals surface area (Å²) in [6.45, 7) is 3.47. The Bertz CT molecular complexity index is 893. The number of amides is 2. The van der Waals surface area contributed by atoms with Crippen LogP contribution in [-0.4, -0.2) is 43.9 Å². The average molecular weight is 496 g/mol. The molecule has 0 unspecified atom stereocenters. The van der Waals surface area contributed by atoms with Crippen molar-refractivity contribution in [1.29, 1.82) is 0 Å². The molecule has 8 nitrogen and oxygen atoms in total. The van der Waals surface area contributed by atoms with Crippen molar-refractivity contribution in [3.63, 3.8) is 0 Å². The van der Waals surface area contributed by atoms with E-state index < -0.39 is 11.8 Å². The Balaban J connectivity index is 1.80. The first-order chi connectivity index (χ1) is 14.4. The van der Waals surface area contributed by atoms with Crippen molar-refractivity contribution in [1.82, 2.24) is 16.2 Å². The summed E-state index contributed by atoms with van der Waals surface area (Å²) >= 11 is 8.36. The topological polar surface area (TPSA) is 97.9 Å². The number of carbonyl (C=O) groups is 2. The molecule has 0 heterocycles. The van der Waals surface area contributed by atoms with E-state index in [0.717, 1.165) is 0 Å². The van der Waals surface area contributed by atoms with E-state index >= 15 is 0 Å². The van der Waals surface area contributed by atoms with Gasteiger partial charge in [0.05, 0.1) is 18.2 Å². The number of hydrogen-bond donors (Lipinski definition) is 3. The molecule has 0 saturated heterocycles. The van der Waals surface area contributed by atoms with E-state index in [9.17, 15) is 9.59 Å². The highest BCUT2D eigenvalue weighted by Gasteiger charge is 2.11. The molecule has 0 atom stereocenters. The summed E-state index contributed by atoms with van der Waals surface area (Å²) in [7, 11) is 1.53. The average Bonchev–Trinajstić information content (AvgIpc) is 2.75. The lowest BCUT2D eigenvalue weighted by Gasteiger charge is -2.12. The Kier molecular flexibility index (Phi) is 9.52. The summed E-state index contributed by atoms with van der Waals surface area (Å²) in [6.07, 6.45) is 0. The zero-order valence-electron chi connectivity index (χ0n) is 16.5. The molecule has 0 aliphatic carbocycles. The summed E-state index contributed by atoms with van der Waals surface area (Å²) in [5.41, 5.74) is 5.69.